The van der Waals surface area contributed by atoms with Gasteiger partial charge in [0.25, 0.3) is 5.91 Å². The van der Waals surface area contributed by atoms with Crippen LogP contribution in [0.2, 0.25) is 5.02 Å². The number of benzene rings is 2. The summed E-state index contributed by atoms with van der Waals surface area (Å²) in [7, 11) is 0. The Labute approximate surface area is 155 Å². The van der Waals surface area contributed by atoms with Crippen LogP contribution in [-0.2, 0) is 0 Å². The van der Waals surface area contributed by atoms with Gasteiger partial charge in [-0.3, -0.25) is 4.79 Å². The highest BCUT2D eigenvalue weighted by atomic mass is 35.5. The van der Waals surface area contributed by atoms with E-state index in [4.69, 9.17) is 11.6 Å². The molecular weight excluding hydrogens is 355 g/mol. The molecule has 0 saturated heterocycles. The molecular formula is C19H16ClFN4O. The second kappa shape index (κ2) is 7.49. The van der Waals surface area contributed by atoms with E-state index >= 15 is 0 Å². The van der Waals surface area contributed by atoms with Gasteiger partial charge in [-0.1, -0.05) is 17.7 Å². The van der Waals surface area contributed by atoms with Crippen molar-refractivity contribution in [1.29, 1.82) is 0 Å². The van der Waals surface area contributed by atoms with Gasteiger partial charge in [-0.05, 0) is 55.3 Å². The molecule has 7 heteroatoms. The number of aromatic nitrogens is 2. The molecule has 0 atom stereocenters. The van der Waals surface area contributed by atoms with Gasteiger partial charge in [0.2, 0.25) is 5.95 Å². The van der Waals surface area contributed by atoms with Crippen molar-refractivity contribution in [1.82, 2.24) is 9.97 Å². The fraction of sp³-hybridized carbons (Fsp3) is 0.105. The molecule has 0 radical (unpaired) electrons. The normalized spacial score (nSPS) is 10.5. The number of hydrogen-bond acceptors (Lipinski definition) is 4. The van der Waals surface area contributed by atoms with Crippen molar-refractivity contribution >= 4 is 34.8 Å². The summed E-state index contributed by atoms with van der Waals surface area (Å²) in [5.41, 5.74) is 3.83. The number of hydrogen-bond donors (Lipinski definition) is 2. The summed E-state index contributed by atoms with van der Waals surface area (Å²) < 4.78 is 13.2. The smallest absolute Gasteiger partial charge is 0.258 e. The van der Waals surface area contributed by atoms with E-state index < -0.39 is 5.82 Å². The second-order valence-electron chi connectivity index (χ2n) is 5.80. The van der Waals surface area contributed by atoms with Crippen LogP contribution in [0.25, 0.3) is 0 Å². The maximum absolute atomic E-state index is 13.2. The molecule has 0 unspecified atom stereocenters. The number of carbonyl (C=O) groups excluding carboxylic acids is 1. The number of amides is 1. The van der Waals surface area contributed by atoms with Crippen molar-refractivity contribution in [3.63, 3.8) is 0 Å². The van der Waals surface area contributed by atoms with Crippen molar-refractivity contribution < 1.29 is 9.18 Å². The Kier molecular flexibility index (Phi) is 5.14. The highest BCUT2D eigenvalue weighted by Crippen LogP contribution is 2.21. The molecule has 5 nitrogen and oxygen atoms in total. The van der Waals surface area contributed by atoms with E-state index in [1.54, 1.807) is 0 Å². The van der Waals surface area contributed by atoms with Crippen molar-refractivity contribution in [2.75, 3.05) is 10.6 Å². The first kappa shape index (κ1) is 17.8. The van der Waals surface area contributed by atoms with Gasteiger partial charge in [-0.25, -0.2) is 14.4 Å². The maximum Gasteiger partial charge on any atom is 0.258 e. The lowest BCUT2D eigenvalue weighted by Gasteiger charge is -2.08. The molecule has 0 aliphatic carbocycles. The fourth-order valence-electron chi connectivity index (χ4n) is 2.24. The molecule has 0 aliphatic heterocycles. The summed E-state index contributed by atoms with van der Waals surface area (Å²) in [6.07, 6.45) is 2.83. The molecule has 132 valence electrons. The summed E-state index contributed by atoms with van der Waals surface area (Å²) >= 11 is 5.74. The third kappa shape index (κ3) is 4.15. The van der Waals surface area contributed by atoms with Gasteiger partial charge < -0.3 is 10.6 Å². The van der Waals surface area contributed by atoms with Crippen LogP contribution < -0.4 is 10.6 Å². The van der Waals surface area contributed by atoms with Crippen LogP contribution in [0, 0.1) is 19.7 Å². The predicted octanol–water partition coefficient (Wildman–Crippen LogP) is 4.88. The van der Waals surface area contributed by atoms with Gasteiger partial charge in [-0.15, -0.1) is 0 Å². The Hall–Kier alpha value is -2.99. The second-order valence-corrected chi connectivity index (χ2v) is 6.21. The van der Waals surface area contributed by atoms with Crippen molar-refractivity contribution in [2.45, 2.75) is 13.8 Å². The Morgan fingerprint density at radius 1 is 1.00 bits per heavy atom. The minimum Gasteiger partial charge on any atom is -0.324 e. The molecule has 0 aliphatic rings. The fourth-order valence-corrected chi connectivity index (χ4v) is 2.42. The molecule has 26 heavy (non-hydrogen) atoms. The van der Waals surface area contributed by atoms with Gasteiger partial charge in [0.05, 0.1) is 10.6 Å². The largest absolute Gasteiger partial charge is 0.324 e. The summed E-state index contributed by atoms with van der Waals surface area (Å²) in [5, 5.41) is 5.71. The molecule has 0 spiro atoms. The van der Waals surface area contributed by atoms with Crippen LogP contribution in [0.5, 0.6) is 0 Å². The lowest BCUT2D eigenvalue weighted by Crippen LogP contribution is -2.13. The number of anilines is 3. The Bertz CT molecular complexity index is 960. The molecule has 0 fully saturated rings. The number of nitrogens with one attached hydrogen (secondary N) is 2. The zero-order valence-electron chi connectivity index (χ0n) is 14.2. The topological polar surface area (TPSA) is 66.9 Å². The highest BCUT2D eigenvalue weighted by Gasteiger charge is 2.09. The third-order valence-corrected chi connectivity index (χ3v) is 4.14. The van der Waals surface area contributed by atoms with E-state index in [2.05, 4.69) is 20.6 Å². The van der Waals surface area contributed by atoms with E-state index in [0.717, 1.165) is 11.1 Å². The van der Waals surface area contributed by atoms with Crippen LogP contribution in [0.3, 0.4) is 0 Å². The van der Waals surface area contributed by atoms with Crippen LogP contribution in [0.1, 0.15) is 21.5 Å². The zero-order chi connectivity index (χ0) is 18.7. The third-order valence-electron chi connectivity index (χ3n) is 3.85. The number of aryl methyl sites for hydroxylation is 2. The summed E-state index contributed by atoms with van der Waals surface area (Å²) in [5.74, 6) is -0.531. The van der Waals surface area contributed by atoms with E-state index in [-0.39, 0.29) is 16.9 Å². The van der Waals surface area contributed by atoms with E-state index in [1.807, 2.05) is 32.0 Å². The van der Waals surface area contributed by atoms with Crippen LogP contribution in [0.15, 0.2) is 48.8 Å². The highest BCUT2D eigenvalue weighted by molar-refractivity contribution is 6.31. The van der Waals surface area contributed by atoms with Crippen molar-refractivity contribution in [3.8, 4) is 0 Å². The van der Waals surface area contributed by atoms with Crippen LogP contribution in [-0.4, -0.2) is 15.9 Å². The Balaban J connectivity index is 1.69. The first-order valence-electron chi connectivity index (χ1n) is 7.85. The van der Waals surface area contributed by atoms with Gasteiger partial charge in [0.1, 0.15) is 5.82 Å². The van der Waals surface area contributed by atoms with Crippen molar-refractivity contribution in [2.24, 2.45) is 0 Å². The van der Waals surface area contributed by atoms with Gasteiger partial charge >= 0.3 is 0 Å². The monoisotopic (exact) mass is 370 g/mol. The molecule has 2 N–H and O–H groups in total. The van der Waals surface area contributed by atoms with E-state index in [9.17, 15) is 9.18 Å². The predicted molar refractivity (Wildman–Crippen MR) is 101 cm³/mol. The number of rotatable bonds is 4. The standard InChI is InChI=1S/C19H16ClFN4O/c1-11-3-4-14(7-12(11)2)24-18(26)13-9-22-19(23-10-13)25-15-5-6-17(21)16(20)8-15/h3-10H,1-2H3,(H,24,26)(H,22,23,25). The number of carbonyl (C=O) groups is 1. The molecule has 2 aromatic carbocycles. The van der Waals surface area contributed by atoms with E-state index in [0.29, 0.717) is 16.9 Å². The minimum absolute atomic E-state index is 0.000566. The maximum atomic E-state index is 13.2. The summed E-state index contributed by atoms with van der Waals surface area (Å²) in [4.78, 5) is 20.5. The Morgan fingerprint density at radius 3 is 2.35 bits per heavy atom. The van der Waals surface area contributed by atoms with Crippen LogP contribution >= 0.6 is 11.6 Å². The average Bonchev–Trinajstić information content (AvgIpc) is 2.62. The van der Waals surface area contributed by atoms with E-state index in [1.165, 1.54) is 30.6 Å². The molecule has 0 saturated carbocycles. The lowest BCUT2D eigenvalue weighted by molar-refractivity contribution is 0.102. The minimum atomic E-state index is -0.503. The molecule has 1 amide bonds. The molecule has 3 aromatic rings. The summed E-state index contributed by atoms with van der Waals surface area (Å²) in [6, 6.07) is 9.89. The first-order chi connectivity index (χ1) is 12.4. The number of nitrogens with zero attached hydrogens (tertiary/aromatic N) is 2. The van der Waals surface area contributed by atoms with Gasteiger partial charge in [-0.2, -0.15) is 0 Å². The molecule has 0 bridgehead atoms. The molecule has 3 rings (SSSR count). The lowest BCUT2D eigenvalue weighted by atomic mass is 10.1. The van der Waals surface area contributed by atoms with Crippen LogP contribution in [0.4, 0.5) is 21.7 Å². The Morgan fingerprint density at radius 2 is 1.69 bits per heavy atom. The van der Waals surface area contributed by atoms with Gasteiger partial charge in [0, 0.05) is 23.8 Å². The van der Waals surface area contributed by atoms with Gasteiger partial charge in [0.15, 0.2) is 0 Å². The van der Waals surface area contributed by atoms with Crippen molar-refractivity contribution in [3.05, 3.63) is 76.3 Å². The quantitative estimate of drug-likeness (QED) is 0.686. The zero-order valence-corrected chi connectivity index (χ0v) is 14.9. The molecule has 1 heterocycles. The average molecular weight is 371 g/mol. The summed E-state index contributed by atoms with van der Waals surface area (Å²) in [6.45, 7) is 3.99. The first-order valence-corrected chi connectivity index (χ1v) is 8.23. The SMILES string of the molecule is Cc1ccc(NC(=O)c2cnc(Nc3ccc(F)c(Cl)c3)nc2)cc1C. The molecule has 1 aromatic heterocycles. The number of halogens is 2.